The Morgan fingerprint density at radius 3 is 2.65 bits per heavy atom. The maximum absolute atomic E-state index is 11.7. The number of aliphatic carboxylic acids is 1. The molecule has 1 amide bonds. The van der Waals surface area contributed by atoms with Gasteiger partial charge in [0.05, 0.1) is 0 Å². The highest BCUT2D eigenvalue weighted by Crippen LogP contribution is 2.23. The van der Waals surface area contributed by atoms with Gasteiger partial charge in [-0.05, 0) is 38.5 Å². The van der Waals surface area contributed by atoms with Crippen LogP contribution in [0.25, 0.3) is 11.0 Å². The van der Waals surface area contributed by atoms with E-state index in [-0.39, 0.29) is 6.61 Å². The lowest BCUT2D eigenvalue weighted by Gasteiger charge is -2.11. The van der Waals surface area contributed by atoms with Crippen LogP contribution >= 0.6 is 0 Å². The fourth-order valence-electron chi connectivity index (χ4n) is 2.01. The Hall–Kier alpha value is -2.83. The summed E-state index contributed by atoms with van der Waals surface area (Å²) in [6, 6.07) is 3.93. The first-order valence-corrected chi connectivity index (χ1v) is 6.98. The Bertz CT molecular complexity index is 823. The topological polar surface area (TPSA) is 106 Å². The molecule has 2 aromatic rings. The highest BCUT2D eigenvalue weighted by Gasteiger charge is 2.14. The molecular weight excluding hydrogens is 302 g/mol. The number of benzene rings is 1. The van der Waals surface area contributed by atoms with E-state index >= 15 is 0 Å². The number of carbonyl (C=O) groups is 2. The van der Waals surface area contributed by atoms with Gasteiger partial charge in [0, 0.05) is 17.0 Å². The number of nitrogens with one attached hydrogen (secondary N) is 1. The molecule has 0 radical (unpaired) electrons. The predicted molar refractivity (Wildman–Crippen MR) is 82.7 cm³/mol. The zero-order valence-corrected chi connectivity index (χ0v) is 13.0. The summed E-state index contributed by atoms with van der Waals surface area (Å²) in [5, 5.41) is 11.8. The van der Waals surface area contributed by atoms with Crippen molar-refractivity contribution < 1.29 is 23.8 Å². The first-order valence-electron chi connectivity index (χ1n) is 6.98. The van der Waals surface area contributed by atoms with Gasteiger partial charge in [0.2, 0.25) is 0 Å². The molecule has 0 saturated heterocycles. The number of amides is 1. The van der Waals surface area contributed by atoms with Gasteiger partial charge < -0.3 is 19.6 Å². The molecule has 1 heterocycles. The van der Waals surface area contributed by atoms with Gasteiger partial charge in [-0.3, -0.25) is 9.59 Å². The van der Waals surface area contributed by atoms with Gasteiger partial charge in [0.1, 0.15) is 17.4 Å². The molecule has 2 N–H and O–H groups in total. The Kier molecular flexibility index (Phi) is 4.68. The summed E-state index contributed by atoms with van der Waals surface area (Å²) < 4.78 is 10.5. The van der Waals surface area contributed by atoms with Gasteiger partial charge >= 0.3 is 11.6 Å². The molecule has 0 aliphatic heterocycles. The summed E-state index contributed by atoms with van der Waals surface area (Å²) in [6.07, 6.45) is 0. The molecule has 0 aliphatic rings. The molecule has 0 bridgehead atoms. The third kappa shape index (κ3) is 3.68. The van der Waals surface area contributed by atoms with Crippen molar-refractivity contribution in [2.24, 2.45) is 0 Å². The third-order valence-electron chi connectivity index (χ3n) is 3.55. The van der Waals surface area contributed by atoms with Crippen LogP contribution in [0.2, 0.25) is 0 Å². The molecule has 0 fully saturated rings. The standard InChI is InChI=1S/C16H17NO6/c1-8-9(2)16(21)23-13-6-11(4-5-12(8)13)22-7-14(18)17-10(3)15(19)20/h4-6,10H,7H2,1-3H3,(H,17,18)(H,19,20)/t10-/m0/s1. The number of hydrogen-bond donors (Lipinski definition) is 2. The molecule has 0 saturated carbocycles. The highest BCUT2D eigenvalue weighted by molar-refractivity contribution is 5.84. The summed E-state index contributed by atoms with van der Waals surface area (Å²) in [7, 11) is 0. The first-order chi connectivity index (χ1) is 10.8. The van der Waals surface area contributed by atoms with Gasteiger partial charge in [-0.15, -0.1) is 0 Å². The van der Waals surface area contributed by atoms with Crippen LogP contribution in [0.5, 0.6) is 5.75 Å². The molecule has 0 aliphatic carbocycles. The van der Waals surface area contributed by atoms with Crippen molar-refractivity contribution in [3.63, 3.8) is 0 Å². The van der Waals surface area contributed by atoms with Crippen molar-refractivity contribution in [1.82, 2.24) is 5.32 Å². The summed E-state index contributed by atoms with van der Waals surface area (Å²) in [5.41, 5.74) is 1.33. The van der Waals surface area contributed by atoms with Gasteiger partial charge in [-0.25, -0.2) is 4.79 Å². The first kappa shape index (κ1) is 16.5. The lowest BCUT2D eigenvalue weighted by atomic mass is 10.1. The van der Waals surface area contributed by atoms with Crippen LogP contribution in [0.4, 0.5) is 0 Å². The number of carbonyl (C=O) groups excluding carboxylic acids is 1. The second-order valence-corrected chi connectivity index (χ2v) is 5.21. The van der Waals surface area contributed by atoms with E-state index in [9.17, 15) is 14.4 Å². The SMILES string of the molecule is Cc1c(C)c2ccc(OCC(=O)N[C@@H](C)C(=O)O)cc2oc1=O. The van der Waals surface area contributed by atoms with Crippen LogP contribution in [0.3, 0.4) is 0 Å². The molecule has 1 aromatic heterocycles. The van der Waals surface area contributed by atoms with E-state index in [0.717, 1.165) is 10.9 Å². The third-order valence-corrected chi connectivity index (χ3v) is 3.55. The largest absolute Gasteiger partial charge is 0.484 e. The number of aryl methyl sites for hydroxylation is 1. The minimum atomic E-state index is -1.13. The molecule has 2 rings (SSSR count). The van der Waals surface area contributed by atoms with E-state index in [4.69, 9.17) is 14.3 Å². The number of carboxylic acids is 1. The van der Waals surface area contributed by atoms with Gasteiger partial charge in [-0.2, -0.15) is 0 Å². The fourth-order valence-corrected chi connectivity index (χ4v) is 2.01. The Balaban J connectivity index is 2.13. The van der Waals surface area contributed by atoms with Crippen molar-refractivity contribution in [3.8, 4) is 5.75 Å². The number of rotatable bonds is 5. The van der Waals surface area contributed by atoms with E-state index < -0.39 is 23.5 Å². The van der Waals surface area contributed by atoms with Crippen molar-refractivity contribution in [2.75, 3.05) is 6.61 Å². The lowest BCUT2D eigenvalue weighted by molar-refractivity contribution is -0.141. The lowest BCUT2D eigenvalue weighted by Crippen LogP contribution is -2.40. The van der Waals surface area contributed by atoms with Crippen LogP contribution in [0, 0.1) is 13.8 Å². The Morgan fingerprint density at radius 2 is 2.00 bits per heavy atom. The van der Waals surface area contributed by atoms with Crippen LogP contribution in [0.1, 0.15) is 18.1 Å². The van der Waals surface area contributed by atoms with E-state index in [1.165, 1.54) is 13.0 Å². The van der Waals surface area contributed by atoms with Crippen LogP contribution in [0.15, 0.2) is 27.4 Å². The molecule has 1 aromatic carbocycles. The minimum Gasteiger partial charge on any atom is -0.484 e. The van der Waals surface area contributed by atoms with Gasteiger partial charge in [0.25, 0.3) is 5.91 Å². The molecule has 23 heavy (non-hydrogen) atoms. The second-order valence-electron chi connectivity index (χ2n) is 5.21. The molecule has 7 heteroatoms. The van der Waals surface area contributed by atoms with E-state index in [0.29, 0.717) is 16.9 Å². The summed E-state index contributed by atoms with van der Waals surface area (Å²) in [4.78, 5) is 33.9. The van der Waals surface area contributed by atoms with Crippen molar-refractivity contribution in [3.05, 3.63) is 39.7 Å². The number of ether oxygens (including phenoxy) is 1. The molecular formula is C16H17NO6. The zero-order chi connectivity index (χ0) is 17.1. The maximum atomic E-state index is 11.7. The fraction of sp³-hybridized carbons (Fsp3) is 0.312. The maximum Gasteiger partial charge on any atom is 0.339 e. The predicted octanol–water partition coefficient (Wildman–Crippen LogP) is 1.38. The number of carboxylic acid groups (broad SMARTS) is 1. The van der Waals surface area contributed by atoms with Crippen molar-refractivity contribution in [1.29, 1.82) is 0 Å². The summed E-state index contributed by atoms with van der Waals surface area (Å²) in [6.45, 7) is 4.54. The van der Waals surface area contributed by atoms with Crippen molar-refractivity contribution in [2.45, 2.75) is 26.8 Å². The quantitative estimate of drug-likeness (QED) is 0.806. The number of hydrogen-bond acceptors (Lipinski definition) is 5. The highest BCUT2D eigenvalue weighted by atomic mass is 16.5. The minimum absolute atomic E-state index is 0.335. The van der Waals surface area contributed by atoms with Crippen LogP contribution in [-0.4, -0.2) is 29.6 Å². The summed E-state index contributed by atoms with van der Waals surface area (Å²) in [5.74, 6) is -1.33. The zero-order valence-electron chi connectivity index (χ0n) is 13.0. The molecule has 1 atom stereocenters. The van der Waals surface area contributed by atoms with Gasteiger partial charge in [0.15, 0.2) is 6.61 Å². The van der Waals surface area contributed by atoms with Crippen molar-refractivity contribution >= 4 is 22.8 Å². The van der Waals surface area contributed by atoms with E-state index in [2.05, 4.69) is 5.32 Å². The average molecular weight is 319 g/mol. The Labute approximate surface area is 131 Å². The smallest absolute Gasteiger partial charge is 0.339 e. The second kappa shape index (κ2) is 6.51. The van der Waals surface area contributed by atoms with Gasteiger partial charge in [-0.1, -0.05) is 0 Å². The molecule has 0 spiro atoms. The molecule has 122 valence electrons. The Morgan fingerprint density at radius 1 is 1.30 bits per heavy atom. The molecule has 0 unspecified atom stereocenters. The normalized spacial score (nSPS) is 12.0. The number of fused-ring (bicyclic) bond motifs is 1. The monoisotopic (exact) mass is 319 g/mol. The van der Waals surface area contributed by atoms with E-state index in [1.54, 1.807) is 19.1 Å². The average Bonchev–Trinajstić information content (AvgIpc) is 2.50. The van der Waals surface area contributed by atoms with Crippen LogP contribution < -0.4 is 15.7 Å². The summed E-state index contributed by atoms with van der Waals surface area (Å²) >= 11 is 0. The van der Waals surface area contributed by atoms with Crippen LogP contribution in [-0.2, 0) is 9.59 Å². The molecule has 7 nitrogen and oxygen atoms in total. The van der Waals surface area contributed by atoms with E-state index in [1.807, 2.05) is 6.92 Å².